The zero-order valence-electron chi connectivity index (χ0n) is 17.7. The maximum Gasteiger partial charge on any atom is 0.244 e. The second kappa shape index (κ2) is 9.78. The van der Waals surface area contributed by atoms with E-state index in [1.807, 2.05) is 63.2 Å². The van der Waals surface area contributed by atoms with Gasteiger partial charge in [0.15, 0.2) is 11.5 Å². The highest BCUT2D eigenvalue weighted by Crippen LogP contribution is 2.30. The fraction of sp³-hybridized carbons (Fsp3) is 0.250. The molecule has 0 radical (unpaired) electrons. The Morgan fingerprint density at radius 3 is 2.63 bits per heavy atom. The van der Waals surface area contributed by atoms with E-state index in [2.05, 4.69) is 10.5 Å². The minimum absolute atomic E-state index is 0.157. The first-order valence-corrected chi connectivity index (χ1v) is 9.71. The maximum atomic E-state index is 12.2. The standard InChI is InChI=1S/C24H26N2O4/c1-16-7-5-6-8-20(16)14-25-24(27)12-10-19-9-11-22(23(13-19)28-4)29-15-21-17(2)26-30-18(21)3/h5-13H,14-15H2,1-4H3,(H,25,27)/b12-10+. The zero-order chi connectivity index (χ0) is 21.5. The number of rotatable bonds is 8. The molecule has 156 valence electrons. The summed E-state index contributed by atoms with van der Waals surface area (Å²) < 4.78 is 16.5. The van der Waals surface area contributed by atoms with E-state index in [4.69, 9.17) is 14.0 Å². The molecule has 0 saturated carbocycles. The highest BCUT2D eigenvalue weighted by Gasteiger charge is 2.12. The van der Waals surface area contributed by atoms with Crippen molar-refractivity contribution >= 4 is 12.0 Å². The second-order valence-electron chi connectivity index (χ2n) is 6.98. The van der Waals surface area contributed by atoms with Gasteiger partial charge >= 0.3 is 0 Å². The Labute approximate surface area is 176 Å². The van der Waals surface area contributed by atoms with Gasteiger partial charge in [-0.2, -0.15) is 0 Å². The van der Waals surface area contributed by atoms with Crippen LogP contribution in [0.4, 0.5) is 0 Å². The first-order chi connectivity index (χ1) is 14.5. The summed E-state index contributed by atoms with van der Waals surface area (Å²) >= 11 is 0. The molecule has 1 N–H and O–H groups in total. The SMILES string of the molecule is COc1cc(/C=C/C(=O)NCc2ccccc2C)ccc1OCc1c(C)noc1C. The lowest BCUT2D eigenvalue weighted by atomic mass is 10.1. The topological polar surface area (TPSA) is 73.6 Å². The molecule has 2 aromatic carbocycles. The van der Waals surface area contributed by atoms with Crippen LogP contribution in [-0.2, 0) is 17.9 Å². The molecule has 0 bridgehead atoms. The van der Waals surface area contributed by atoms with Crippen LogP contribution in [0.5, 0.6) is 11.5 Å². The third kappa shape index (κ3) is 5.29. The summed E-state index contributed by atoms with van der Waals surface area (Å²) in [5.41, 5.74) is 4.82. The highest BCUT2D eigenvalue weighted by molar-refractivity contribution is 5.91. The van der Waals surface area contributed by atoms with Gasteiger partial charge < -0.3 is 19.3 Å². The Kier molecular flexibility index (Phi) is 6.91. The monoisotopic (exact) mass is 406 g/mol. The minimum Gasteiger partial charge on any atom is -0.493 e. The molecule has 0 fully saturated rings. The van der Waals surface area contributed by atoms with Crippen LogP contribution < -0.4 is 14.8 Å². The number of nitrogens with zero attached hydrogens (tertiary/aromatic N) is 1. The van der Waals surface area contributed by atoms with E-state index in [1.165, 1.54) is 6.08 Å². The Bertz CT molecular complexity index is 1030. The molecule has 3 aromatic rings. The van der Waals surface area contributed by atoms with E-state index in [1.54, 1.807) is 13.2 Å². The molecular formula is C24H26N2O4. The van der Waals surface area contributed by atoms with E-state index in [-0.39, 0.29) is 5.91 Å². The number of carbonyl (C=O) groups excluding carboxylic acids is 1. The van der Waals surface area contributed by atoms with Gasteiger partial charge in [-0.3, -0.25) is 4.79 Å². The number of aromatic nitrogens is 1. The first-order valence-electron chi connectivity index (χ1n) is 9.71. The van der Waals surface area contributed by atoms with Crippen molar-refractivity contribution in [1.82, 2.24) is 10.5 Å². The van der Waals surface area contributed by atoms with Gasteiger partial charge in [0.2, 0.25) is 5.91 Å². The van der Waals surface area contributed by atoms with Crippen LogP contribution in [0, 0.1) is 20.8 Å². The molecule has 0 atom stereocenters. The summed E-state index contributed by atoms with van der Waals surface area (Å²) in [6.45, 7) is 6.60. The quantitative estimate of drug-likeness (QED) is 0.557. The Morgan fingerprint density at radius 1 is 1.13 bits per heavy atom. The largest absolute Gasteiger partial charge is 0.493 e. The number of methoxy groups -OCH3 is 1. The molecule has 1 amide bonds. The van der Waals surface area contributed by atoms with E-state index in [9.17, 15) is 4.79 Å². The molecule has 1 aromatic heterocycles. The number of hydrogen-bond donors (Lipinski definition) is 1. The third-order valence-corrected chi connectivity index (χ3v) is 4.88. The van der Waals surface area contributed by atoms with Crippen LogP contribution in [0.15, 0.2) is 53.1 Å². The zero-order valence-corrected chi connectivity index (χ0v) is 17.7. The number of carbonyl (C=O) groups is 1. The number of hydrogen-bond acceptors (Lipinski definition) is 5. The Hall–Kier alpha value is -3.54. The van der Waals surface area contributed by atoms with Gasteiger partial charge in [-0.05, 0) is 55.7 Å². The van der Waals surface area contributed by atoms with Crippen molar-refractivity contribution in [3.8, 4) is 11.5 Å². The van der Waals surface area contributed by atoms with Gasteiger partial charge in [0, 0.05) is 12.6 Å². The van der Waals surface area contributed by atoms with Crippen LogP contribution in [0.1, 0.15) is 33.7 Å². The fourth-order valence-electron chi connectivity index (χ4n) is 2.99. The van der Waals surface area contributed by atoms with Gasteiger partial charge in [0.25, 0.3) is 0 Å². The lowest BCUT2D eigenvalue weighted by Crippen LogP contribution is -2.20. The summed E-state index contributed by atoms with van der Waals surface area (Å²) in [5.74, 6) is 1.78. The van der Waals surface area contributed by atoms with Crippen molar-refractivity contribution in [1.29, 1.82) is 0 Å². The van der Waals surface area contributed by atoms with Crippen molar-refractivity contribution in [2.75, 3.05) is 7.11 Å². The minimum atomic E-state index is -0.157. The lowest BCUT2D eigenvalue weighted by Gasteiger charge is -2.11. The van der Waals surface area contributed by atoms with Crippen LogP contribution >= 0.6 is 0 Å². The summed E-state index contributed by atoms with van der Waals surface area (Å²) in [6, 6.07) is 13.5. The number of ether oxygens (including phenoxy) is 2. The predicted molar refractivity (Wildman–Crippen MR) is 115 cm³/mol. The second-order valence-corrected chi connectivity index (χ2v) is 6.98. The summed E-state index contributed by atoms with van der Waals surface area (Å²) in [6.07, 6.45) is 3.26. The van der Waals surface area contributed by atoms with Crippen molar-refractivity contribution < 1.29 is 18.8 Å². The summed E-state index contributed by atoms with van der Waals surface area (Å²) in [5, 5.41) is 6.83. The average molecular weight is 406 g/mol. The van der Waals surface area contributed by atoms with Gasteiger partial charge in [-0.15, -0.1) is 0 Å². The number of amides is 1. The van der Waals surface area contributed by atoms with Gasteiger partial charge in [-0.25, -0.2) is 0 Å². The number of aryl methyl sites for hydroxylation is 3. The average Bonchev–Trinajstić information content (AvgIpc) is 3.07. The third-order valence-electron chi connectivity index (χ3n) is 4.88. The van der Waals surface area contributed by atoms with E-state index in [0.29, 0.717) is 24.7 Å². The van der Waals surface area contributed by atoms with E-state index in [0.717, 1.165) is 33.7 Å². The van der Waals surface area contributed by atoms with Crippen LogP contribution in [0.2, 0.25) is 0 Å². The van der Waals surface area contributed by atoms with Gasteiger partial charge in [0.05, 0.1) is 18.4 Å². The van der Waals surface area contributed by atoms with E-state index < -0.39 is 0 Å². The smallest absolute Gasteiger partial charge is 0.244 e. The molecule has 0 aliphatic carbocycles. The molecule has 0 spiro atoms. The highest BCUT2D eigenvalue weighted by atomic mass is 16.5. The summed E-state index contributed by atoms with van der Waals surface area (Å²) in [4.78, 5) is 12.2. The van der Waals surface area contributed by atoms with Gasteiger partial charge in [0.1, 0.15) is 12.4 Å². The van der Waals surface area contributed by atoms with Crippen LogP contribution in [-0.4, -0.2) is 18.2 Å². The first kappa shape index (κ1) is 21.2. The Balaban J connectivity index is 1.61. The molecule has 6 heteroatoms. The van der Waals surface area contributed by atoms with E-state index >= 15 is 0 Å². The maximum absolute atomic E-state index is 12.2. The molecule has 0 saturated heterocycles. The molecular weight excluding hydrogens is 380 g/mol. The molecule has 0 aliphatic rings. The number of nitrogens with one attached hydrogen (secondary N) is 1. The predicted octanol–water partition coefficient (Wildman–Crippen LogP) is 4.52. The Morgan fingerprint density at radius 2 is 1.93 bits per heavy atom. The van der Waals surface area contributed by atoms with Crippen molar-refractivity contribution in [2.45, 2.75) is 33.9 Å². The molecule has 0 aliphatic heterocycles. The van der Waals surface area contributed by atoms with Crippen molar-refractivity contribution in [3.05, 3.63) is 82.2 Å². The molecule has 6 nitrogen and oxygen atoms in total. The normalized spacial score (nSPS) is 10.9. The van der Waals surface area contributed by atoms with Crippen LogP contribution in [0.3, 0.4) is 0 Å². The van der Waals surface area contributed by atoms with Crippen molar-refractivity contribution in [2.24, 2.45) is 0 Å². The molecule has 1 heterocycles. The number of benzene rings is 2. The van der Waals surface area contributed by atoms with Gasteiger partial charge in [-0.1, -0.05) is 35.5 Å². The molecule has 0 unspecified atom stereocenters. The van der Waals surface area contributed by atoms with Crippen molar-refractivity contribution in [3.63, 3.8) is 0 Å². The molecule has 30 heavy (non-hydrogen) atoms. The summed E-state index contributed by atoms with van der Waals surface area (Å²) in [7, 11) is 1.58. The fourth-order valence-corrected chi connectivity index (χ4v) is 2.99. The molecule has 3 rings (SSSR count). The van der Waals surface area contributed by atoms with Crippen LogP contribution in [0.25, 0.3) is 6.08 Å². The lowest BCUT2D eigenvalue weighted by molar-refractivity contribution is -0.116.